The van der Waals surface area contributed by atoms with Gasteiger partial charge in [0.05, 0.1) is 40.6 Å². The number of nitrogens with zero attached hydrogens (tertiary/aromatic N) is 5. The Kier molecular flexibility index (Phi) is 7.22. The number of piperazine rings is 1. The molecule has 0 saturated carbocycles. The number of anilines is 1. The van der Waals surface area contributed by atoms with E-state index >= 15 is 0 Å². The Hall–Kier alpha value is -2.61. The Morgan fingerprint density at radius 3 is 2.58 bits per heavy atom. The van der Waals surface area contributed by atoms with Gasteiger partial charge in [-0.15, -0.1) is 4.31 Å². The van der Waals surface area contributed by atoms with Gasteiger partial charge in [-0.3, -0.25) is 4.79 Å². The van der Waals surface area contributed by atoms with Crippen LogP contribution in [0.1, 0.15) is 15.9 Å². The summed E-state index contributed by atoms with van der Waals surface area (Å²) in [5.74, 6) is 0.449. The molecule has 3 heterocycles. The molecular weight excluding hydrogens is 478 g/mol. The molecule has 1 aromatic carbocycles. The van der Waals surface area contributed by atoms with E-state index in [1.165, 1.54) is 16.2 Å². The number of hydrogen-bond acceptors (Lipinski definition) is 7. The summed E-state index contributed by atoms with van der Waals surface area (Å²) in [6, 6.07) is 13.0. The fourth-order valence-electron chi connectivity index (χ4n) is 3.61. The van der Waals surface area contributed by atoms with E-state index in [0.717, 1.165) is 15.3 Å². The molecule has 0 spiro atoms. The Balaban J connectivity index is 1.51. The van der Waals surface area contributed by atoms with Gasteiger partial charge in [-0.1, -0.05) is 29.0 Å². The Morgan fingerprint density at radius 2 is 1.97 bits per heavy atom. The van der Waals surface area contributed by atoms with Crippen LogP contribution in [-0.2, 0) is 11.4 Å². The number of pyridine rings is 1. The largest absolute Gasteiger partial charge is 0.592 e. The van der Waals surface area contributed by atoms with E-state index in [0.29, 0.717) is 48.1 Å². The molecule has 4 rings (SSSR count). The fraction of sp³-hybridized carbons (Fsp3) is 0.261. The zero-order valence-corrected chi connectivity index (χ0v) is 20.6. The summed E-state index contributed by atoms with van der Waals surface area (Å²) in [5.41, 5.74) is 2.42. The number of carbonyl (C=O) groups excluding carboxylic acids is 1. The van der Waals surface area contributed by atoms with Gasteiger partial charge in [0.25, 0.3) is 5.91 Å². The number of thiophene rings is 1. The van der Waals surface area contributed by atoms with Crippen molar-refractivity contribution in [2.75, 3.05) is 45.2 Å². The highest BCUT2D eigenvalue weighted by Crippen LogP contribution is 2.30. The van der Waals surface area contributed by atoms with Crippen LogP contribution in [0.4, 0.5) is 5.82 Å². The van der Waals surface area contributed by atoms with Gasteiger partial charge < -0.3 is 14.4 Å². The molecule has 1 aliphatic heterocycles. The molecule has 1 saturated heterocycles. The van der Waals surface area contributed by atoms with Crippen LogP contribution in [0.2, 0.25) is 5.02 Å². The van der Waals surface area contributed by atoms with Crippen molar-refractivity contribution in [3.05, 3.63) is 64.1 Å². The molecular formula is C23H22ClN5O2S2. The van der Waals surface area contributed by atoms with E-state index in [2.05, 4.69) is 16.0 Å². The number of aromatic nitrogens is 1. The Labute approximate surface area is 205 Å². The van der Waals surface area contributed by atoms with Gasteiger partial charge in [-0.2, -0.15) is 5.26 Å². The highest BCUT2D eigenvalue weighted by atomic mass is 35.5. The zero-order chi connectivity index (χ0) is 23.5. The number of halogens is 1. The van der Waals surface area contributed by atoms with Crippen LogP contribution >= 0.6 is 22.9 Å². The van der Waals surface area contributed by atoms with Gasteiger partial charge in [-0.05, 0) is 35.2 Å². The monoisotopic (exact) mass is 499 g/mol. The van der Waals surface area contributed by atoms with E-state index in [1.54, 1.807) is 44.6 Å². The van der Waals surface area contributed by atoms with Crippen molar-refractivity contribution in [1.82, 2.24) is 14.2 Å². The number of rotatable bonds is 5. The molecule has 170 valence electrons. The van der Waals surface area contributed by atoms with E-state index in [9.17, 15) is 14.6 Å². The third-order valence-electron chi connectivity index (χ3n) is 5.37. The molecule has 7 nitrogen and oxygen atoms in total. The quantitative estimate of drug-likeness (QED) is 0.495. The second-order valence-electron chi connectivity index (χ2n) is 7.70. The van der Waals surface area contributed by atoms with Crippen molar-refractivity contribution in [2.24, 2.45) is 0 Å². The minimum Gasteiger partial charge on any atom is -0.592 e. The van der Waals surface area contributed by atoms with Crippen LogP contribution in [0.5, 0.6) is 0 Å². The maximum atomic E-state index is 12.7. The number of carbonyl (C=O) groups is 1. The summed E-state index contributed by atoms with van der Waals surface area (Å²) in [5, 5.41) is 12.0. The maximum Gasteiger partial charge on any atom is 0.254 e. The van der Waals surface area contributed by atoms with Crippen LogP contribution in [0.3, 0.4) is 0 Å². The molecule has 2 aromatic heterocycles. The Bertz CT molecular complexity index is 1190. The van der Waals surface area contributed by atoms with Crippen molar-refractivity contribution in [1.29, 1.82) is 5.26 Å². The first kappa shape index (κ1) is 23.5. The van der Waals surface area contributed by atoms with Crippen LogP contribution in [0.25, 0.3) is 11.1 Å². The molecule has 0 N–H and O–H groups in total. The molecule has 3 aromatic rings. The topological polar surface area (TPSA) is 86.5 Å². The van der Waals surface area contributed by atoms with Gasteiger partial charge in [0.2, 0.25) is 4.21 Å². The standard InChI is InChI=1S/C23H22ClN5O2S2/c1-27(2)23(30)19-6-5-16(13-20(19)24)18-12-17(14-25)22(26-15-18)28-7-9-29(10-8-28)33(31)21-4-3-11-32-21/h3-6,11-13,15H,7-10H2,1-2H3. The summed E-state index contributed by atoms with van der Waals surface area (Å²) < 4.78 is 15.5. The van der Waals surface area contributed by atoms with Crippen molar-refractivity contribution in [3.63, 3.8) is 0 Å². The summed E-state index contributed by atoms with van der Waals surface area (Å²) in [7, 11) is 3.35. The van der Waals surface area contributed by atoms with Gasteiger partial charge in [-0.25, -0.2) is 4.98 Å². The molecule has 1 unspecified atom stereocenters. The molecule has 33 heavy (non-hydrogen) atoms. The lowest BCUT2D eigenvalue weighted by Crippen LogP contribution is -2.49. The predicted molar refractivity (Wildman–Crippen MR) is 132 cm³/mol. The summed E-state index contributed by atoms with van der Waals surface area (Å²) in [6.45, 7) is 2.50. The van der Waals surface area contributed by atoms with E-state index in [-0.39, 0.29) is 5.91 Å². The normalized spacial score (nSPS) is 15.2. The van der Waals surface area contributed by atoms with Crippen LogP contribution in [0.15, 0.2) is 52.2 Å². The number of hydrogen-bond donors (Lipinski definition) is 0. The highest BCUT2D eigenvalue weighted by molar-refractivity contribution is 7.91. The Morgan fingerprint density at radius 1 is 1.21 bits per heavy atom. The van der Waals surface area contributed by atoms with Crippen molar-refractivity contribution in [2.45, 2.75) is 4.21 Å². The van der Waals surface area contributed by atoms with Crippen molar-refractivity contribution < 1.29 is 9.35 Å². The third kappa shape index (κ3) is 5.00. The molecule has 1 amide bonds. The van der Waals surface area contributed by atoms with E-state index in [4.69, 9.17) is 11.6 Å². The zero-order valence-electron chi connectivity index (χ0n) is 18.2. The van der Waals surface area contributed by atoms with Gasteiger partial charge in [0.1, 0.15) is 11.9 Å². The van der Waals surface area contributed by atoms with Gasteiger partial charge in [0.15, 0.2) is 0 Å². The fourth-order valence-corrected chi connectivity index (χ4v) is 6.08. The van der Waals surface area contributed by atoms with E-state index < -0.39 is 11.4 Å². The maximum absolute atomic E-state index is 12.7. The molecule has 0 aliphatic carbocycles. The minimum atomic E-state index is -1.16. The first-order valence-corrected chi connectivity index (χ1v) is 12.6. The highest BCUT2D eigenvalue weighted by Gasteiger charge is 2.29. The molecule has 0 bridgehead atoms. The molecule has 0 radical (unpaired) electrons. The number of benzene rings is 1. The van der Waals surface area contributed by atoms with Crippen molar-refractivity contribution in [3.8, 4) is 17.2 Å². The first-order valence-electron chi connectivity index (χ1n) is 10.3. The third-order valence-corrected chi connectivity index (χ3v) is 8.37. The number of amides is 1. The lowest BCUT2D eigenvalue weighted by atomic mass is 10.0. The van der Waals surface area contributed by atoms with Gasteiger partial charge >= 0.3 is 0 Å². The molecule has 1 aliphatic rings. The SMILES string of the molecule is CN(C)C(=O)c1ccc(-c2cnc(N3CCN([S+]([O-])c4cccs4)CC3)c(C#N)c2)cc1Cl. The molecule has 1 fully saturated rings. The summed E-state index contributed by atoms with van der Waals surface area (Å²) in [4.78, 5) is 20.3. The van der Waals surface area contributed by atoms with Crippen LogP contribution in [-0.4, -0.2) is 64.9 Å². The van der Waals surface area contributed by atoms with Crippen LogP contribution in [0, 0.1) is 11.3 Å². The lowest BCUT2D eigenvalue weighted by Gasteiger charge is -2.34. The molecule has 1 atom stereocenters. The van der Waals surface area contributed by atoms with Crippen LogP contribution < -0.4 is 4.90 Å². The van der Waals surface area contributed by atoms with Crippen molar-refractivity contribution >= 4 is 46.0 Å². The number of nitriles is 1. The van der Waals surface area contributed by atoms with Gasteiger partial charge in [0, 0.05) is 45.0 Å². The average molecular weight is 500 g/mol. The average Bonchev–Trinajstić information content (AvgIpc) is 3.38. The molecule has 10 heteroatoms. The minimum absolute atomic E-state index is 0.170. The lowest BCUT2D eigenvalue weighted by molar-refractivity contribution is 0.0828. The van der Waals surface area contributed by atoms with E-state index in [1.807, 2.05) is 21.8 Å². The second kappa shape index (κ2) is 10.1. The smallest absolute Gasteiger partial charge is 0.254 e. The predicted octanol–water partition coefficient (Wildman–Crippen LogP) is 3.88. The first-order chi connectivity index (χ1) is 15.9. The summed E-state index contributed by atoms with van der Waals surface area (Å²) in [6.07, 6.45) is 1.71. The second-order valence-corrected chi connectivity index (χ2v) is 10.8. The summed E-state index contributed by atoms with van der Waals surface area (Å²) >= 11 is 6.69.